The van der Waals surface area contributed by atoms with E-state index < -0.39 is 0 Å². The van der Waals surface area contributed by atoms with Crippen LogP contribution in [0.15, 0.2) is 42.9 Å². The molecule has 1 atom stereocenters. The number of anilines is 3. The van der Waals surface area contributed by atoms with Gasteiger partial charge >= 0.3 is 0 Å². The van der Waals surface area contributed by atoms with Crippen molar-refractivity contribution in [3.8, 4) is 0 Å². The lowest BCUT2D eigenvalue weighted by molar-refractivity contribution is 0.705. The lowest BCUT2D eigenvalue weighted by atomic mass is 10.1. The van der Waals surface area contributed by atoms with Gasteiger partial charge in [0.1, 0.15) is 23.3 Å². The Hall–Kier alpha value is -3.09. The third-order valence-corrected chi connectivity index (χ3v) is 4.44. The molecule has 0 aromatic carbocycles. The van der Waals surface area contributed by atoms with Crippen LogP contribution in [0, 0.1) is 13.8 Å². The largest absolute Gasteiger partial charge is 0.355 e. The number of aromatic nitrogens is 5. The summed E-state index contributed by atoms with van der Waals surface area (Å²) in [6.45, 7) is 5.75. The van der Waals surface area contributed by atoms with Crippen molar-refractivity contribution in [2.75, 3.05) is 23.3 Å². The molecule has 0 spiro atoms. The van der Waals surface area contributed by atoms with Crippen LogP contribution in [0.4, 0.5) is 17.5 Å². The molecule has 7 nitrogen and oxygen atoms in total. The summed E-state index contributed by atoms with van der Waals surface area (Å²) < 4.78 is 0. The Labute approximate surface area is 152 Å². The Morgan fingerprint density at radius 3 is 2.77 bits per heavy atom. The molecule has 4 rings (SSSR count). The van der Waals surface area contributed by atoms with Crippen molar-refractivity contribution in [3.63, 3.8) is 0 Å². The number of hydrogen-bond donors (Lipinski definition) is 1. The van der Waals surface area contributed by atoms with Gasteiger partial charge in [-0.05, 0) is 32.4 Å². The van der Waals surface area contributed by atoms with Gasteiger partial charge in [-0.2, -0.15) is 0 Å². The first-order chi connectivity index (χ1) is 12.7. The van der Waals surface area contributed by atoms with Gasteiger partial charge in [-0.1, -0.05) is 6.07 Å². The number of pyridine rings is 1. The van der Waals surface area contributed by atoms with E-state index in [1.807, 2.05) is 38.1 Å². The van der Waals surface area contributed by atoms with Crippen LogP contribution in [0.3, 0.4) is 0 Å². The van der Waals surface area contributed by atoms with Crippen molar-refractivity contribution in [3.05, 3.63) is 60.1 Å². The smallest absolute Gasteiger partial charge is 0.147 e. The molecular weight excluding hydrogens is 326 g/mol. The second-order valence-corrected chi connectivity index (χ2v) is 6.54. The van der Waals surface area contributed by atoms with Crippen molar-refractivity contribution in [2.45, 2.75) is 26.2 Å². The number of nitrogens with zero attached hydrogens (tertiary/aromatic N) is 6. The van der Waals surface area contributed by atoms with Crippen LogP contribution in [0.2, 0.25) is 0 Å². The van der Waals surface area contributed by atoms with E-state index in [0.29, 0.717) is 0 Å². The Morgan fingerprint density at radius 2 is 1.96 bits per heavy atom. The first kappa shape index (κ1) is 16.4. The Balaban J connectivity index is 1.53. The van der Waals surface area contributed by atoms with Crippen LogP contribution in [0.1, 0.15) is 29.6 Å². The number of hydrogen-bond acceptors (Lipinski definition) is 7. The van der Waals surface area contributed by atoms with Gasteiger partial charge in [0.25, 0.3) is 0 Å². The van der Waals surface area contributed by atoms with Crippen LogP contribution in [0.25, 0.3) is 0 Å². The van der Waals surface area contributed by atoms with E-state index in [1.54, 1.807) is 18.6 Å². The predicted molar refractivity (Wildman–Crippen MR) is 101 cm³/mol. The van der Waals surface area contributed by atoms with Crippen LogP contribution in [-0.2, 0) is 0 Å². The monoisotopic (exact) mass is 347 g/mol. The Bertz CT molecular complexity index is 897. The predicted octanol–water partition coefficient (Wildman–Crippen LogP) is 3.02. The van der Waals surface area contributed by atoms with E-state index in [4.69, 9.17) is 4.98 Å². The zero-order chi connectivity index (χ0) is 17.9. The molecule has 0 unspecified atom stereocenters. The summed E-state index contributed by atoms with van der Waals surface area (Å²) >= 11 is 0. The highest BCUT2D eigenvalue weighted by Gasteiger charge is 2.27. The number of nitrogens with one attached hydrogen (secondary N) is 1. The summed E-state index contributed by atoms with van der Waals surface area (Å²) in [5, 5.41) is 3.29. The molecule has 1 N–H and O–H groups in total. The van der Waals surface area contributed by atoms with Gasteiger partial charge < -0.3 is 10.2 Å². The van der Waals surface area contributed by atoms with Gasteiger partial charge in [-0.15, -0.1) is 0 Å². The molecule has 4 heterocycles. The molecule has 132 valence electrons. The zero-order valence-electron chi connectivity index (χ0n) is 14.9. The first-order valence-electron chi connectivity index (χ1n) is 8.74. The van der Waals surface area contributed by atoms with E-state index >= 15 is 0 Å². The average molecular weight is 347 g/mol. The third kappa shape index (κ3) is 3.61. The van der Waals surface area contributed by atoms with E-state index in [0.717, 1.165) is 54.2 Å². The van der Waals surface area contributed by atoms with Crippen molar-refractivity contribution < 1.29 is 0 Å². The fourth-order valence-corrected chi connectivity index (χ4v) is 3.22. The van der Waals surface area contributed by atoms with Crippen LogP contribution in [0.5, 0.6) is 0 Å². The summed E-state index contributed by atoms with van der Waals surface area (Å²) in [4.78, 5) is 24.7. The molecule has 3 aromatic heterocycles. The van der Waals surface area contributed by atoms with E-state index in [2.05, 4.69) is 30.2 Å². The summed E-state index contributed by atoms with van der Waals surface area (Å²) in [6.07, 6.45) is 6.22. The zero-order valence-corrected chi connectivity index (χ0v) is 14.9. The Kier molecular flexibility index (Phi) is 4.43. The minimum absolute atomic E-state index is 0.280. The van der Waals surface area contributed by atoms with Crippen molar-refractivity contribution >= 4 is 17.5 Å². The summed E-state index contributed by atoms with van der Waals surface area (Å²) in [5.41, 5.74) is 1.92. The quantitative estimate of drug-likeness (QED) is 0.777. The van der Waals surface area contributed by atoms with Gasteiger partial charge in [0.2, 0.25) is 0 Å². The molecule has 1 fully saturated rings. The number of rotatable bonds is 4. The second kappa shape index (κ2) is 7.03. The summed E-state index contributed by atoms with van der Waals surface area (Å²) in [5.74, 6) is 3.63. The lowest BCUT2D eigenvalue weighted by Crippen LogP contribution is -2.21. The van der Waals surface area contributed by atoms with Gasteiger partial charge in [-0.3, -0.25) is 4.98 Å². The van der Waals surface area contributed by atoms with E-state index in [1.165, 1.54) is 0 Å². The molecule has 1 saturated heterocycles. The Morgan fingerprint density at radius 1 is 1.04 bits per heavy atom. The summed E-state index contributed by atoms with van der Waals surface area (Å²) in [6, 6.07) is 7.84. The highest BCUT2D eigenvalue weighted by molar-refractivity contribution is 5.52. The highest BCUT2D eigenvalue weighted by Crippen LogP contribution is 2.28. The fraction of sp³-hybridized carbons (Fsp3) is 0.316. The molecule has 26 heavy (non-hydrogen) atoms. The van der Waals surface area contributed by atoms with Crippen molar-refractivity contribution in [2.24, 2.45) is 0 Å². The summed E-state index contributed by atoms with van der Waals surface area (Å²) in [7, 11) is 0. The molecular formula is C19H21N7. The topological polar surface area (TPSA) is 79.7 Å². The maximum absolute atomic E-state index is 4.74. The lowest BCUT2D eigenvalue weighted by Gasteiger charge is -2.16. The molecule has 1 aliphatic heterocycles. The molecule has 0 amide bonds. The standard InChI is InChI=1S/C19H21N7/c1-13-4-3-5-16(22-13)24-17-10-14(2)23-19(25-17)15-6-9-26(12-15)18-11-20-7-8-21-18/h3-5,7-8,10-11,15H,6,9,12H2,1-2H3,(H,22,23,24,25)/t15-/m0/s1. The maximum Gasteiger partial charge on any atom is 0.147 e. The van der Waals surface area contributed by atoms with Gasteiger partial charge in [-0.25, -0.2) is 19.9 Å². The van der Waals surface area contributed by atoms with Gasteiger partial charge in [0, 0.05) is 48.9 Å². The normalized spacial score (nSPS) is 16.7. The van der Waals surface area contributed by atoms with Crippen LogP contribution >= 0.6 is 0 Å². The maximum atomic E-state index is 4.74. The van der Waals surface area contributed by atoms with E-state index in [9.17, 15) is 0 Å². The van der Waals surface area contributed by atoms with Gasteiger partial charge in [0.05, 0.1) is 6.20 Å². The molecule has 3 aromatic rings. The van der Waals surface area contributed by atoms with Crippen LogP contribution < -0.4 is 10.2 Å². The fourth-order valence-electron chi connectivity index (χ4n) is 3.22. The molecule has 0 saturated carbocycles. The molecule has 0 aliphatic carbocycles. The minimum Gasteiger partial charge on any atom is -0.355 e. The van der Waals surface area contributed by atoms with E-state index in [-0.39, 0.29) is 5.92 Å². The van der Waals surface area contributed by atoms with Crippen molar-refractivity contribution in [1.82, 2.24) is 24.9 Å². The van der Waals surface area contributed by atoms with Crippen molar-refractivity contribution in [1.29, 1.82) is 0 Å². The molecule has 0 bridgehead atoms. The third-order valence-electron chi connectivity index (χ3n) is 4.44. The number of aryl methyl sites for hydroxylation is 2. The first-order valence-corrected chi connectivity index (χ1v) is 8.74. The average Bonchev–Trinajstić information content (AvgIpc) is 3.12. The van der Waals surface area contributed by atoms with Gasteiger partial charge in [0.15, 0.2) is 0 Å². The highest BCUT2D eigenvalue weighted by atomic mass is 15.2. The SMILES string of the molecule is Cc1cccc(Nc2cc(C)nc([C@H]3CCN(c4cnccn4)C3)n2)n1. The minimum atomic E-state index is 0.280. The second-order valence-electron chi connectivity index (χ2n) is 6.54. The van der Waals surface area contributed by atoms with Crippen LogP contribution in [-0.4, -0.2) is 38.0 Å². The molecule has 7 heteroatoms. The molecule has 0 radical (unpaired) electrons. The molecule has 1 aliphatic rings.